The summed E-state index contributed by atoms with van der Waals surface area (Å²) in [5.41, 5.74) is 0. The Kier molecular flexibility index (Phi) is 5.91. The molecule has 1 aliphatic rings. The minimum absolute atomic E-state index is 0.0483. The third kappa shape index (κ3) is 4.48. The van der Waals surface area contributed by atoms with Gasteiger partial charge >= 0.3 is 0 Å². The van der Waals surface area contributed by atoms with Crippen LogP contribution in [0.1, 0.15) is 17.8 Å². The molecule has 25 heavy (non-hydrogen) atoms. The van der Waals surface area contributed by atoms with Gasteiger partial charge in [0.2, 0.25) is 10.0 Å². The molecule has 136 valence electrons. The average Bonchev–Trinajstić information content (AvgIpc) is 3.11. The SMILES string of the molecule is C[C@@H](NS(=O)(=O)c1ccccc1)[C@H](c1cccs1)N1CCN(C)CC1. The highest BCUT2D eigenvalue weighted by molar-refractivity contribution is 7.89. The van der Waals surface area contributed by atoms with Crippen molar-refractivity contribution in [3.05, 3.63) is 52.7 Å². The summed E-state index contributed by atoms with van der Waals surface area (Å²) in [6, 6.07) is 12.5. The van der Waals surface area contributed by atoms with Crippen molar-refractivity contribution in [3.8, 4) is 0 Å². The quantitative estimate of drug-likeness (QED) is 0.837. The lowest BCUT2D eigenvalue weighted by Crippen LogP contribution is -2.51. The van der Waals surface area contributed by atoms with E-state index in [9.17, 15) is 8.42 Å². The largest absolute Gasteiger partial charge is 0.304 e. The molecule has 2 heterocycles. The molecular weight excluding hydrogens is 354 g/mol. The summed E-state index contributed by atoms with van der Waals surface area (Å²) in [5.74, 6) is 0. The topological polar surface area (TPSA) is 52.7 Å². The molecule has 5 nitrogen and oxygen atoms in total. The molecular formula is C18H25N3O2S2. The lowest BCUT2D eigenvalue weighted by molar-refractivity contribution is 0.0994. The molecule has 1 aromatic heterocycles. The van der Waals surface area contributed by atoms with E-state index in [1.807, 2.05) is 19.1 Å². The molecule has 7 heteroatoms. The number of sulfonamides is 1. The second-order valence-electron chi connectivity index (χ2n) is 6.52. The molecule has 3 rings (SSSR count). The van der Waals surface area contributed by atoms with Gasteiger partial charge in [-0.05, 0) is 37.6 Å². The molecule has 1 aliphatic heterocycles. The highest BCUT2D eigenvalue weighted by Crippen LogP contribution is 2.30. The van der Waals surface area contributed by atoms with Crippen molar-refractivity contribution in [2.75, 3.05) is 33.2 Å². The molecule has 0 amide bonds. The number of hydrogen-bond acceptors (Lipinski definition) is 5. The van der Waals surface area contributed by atoms with E-state index >= 15 is 0 Å². The fourth-order valence-corrected chi connectivity index (χ4v) is 5.51. The van der Waals surface area contributed by atoms with Crippen molar-refractivity contribution in [2.24, 2.45) is 0 Å². The highest BCUT2D eigenvalue weighted by Gasteiger charge is 2.31. The van der Waals surface area contributed by atoms with Crippen LogP contribution in [0.5, 0.6) is 0 Å². The first-order chi connectivity index (χ1) is 12.0. The van der Waals surface area contributed by atoms with Gasteiger partial charge in [-0.1, -0.05) is 24.3 Å². The standard InChI is InChI=1S/C18H25N3O2S2/c1-15(19-25(22,23)16-7-4-3-5-8-16)18(17-9-6-14-24-17)21-12-10-20(2)11-13-21/h3-9,14-15,18-19H,10-13H2,1-2H3/t15-,18-/m1/s1. The number of piperazine rings is 1. The predicted octanol–water partition coefficient (Wildman–Crippen LogP) is 2.40. The first-order valence-electron chi connectivity index (χ1n) is 8.51. The van der Waals surface area contributed by atoms with Gasteiger partial charge in [0, 0.05) is 37.1 Å². The van der Waals surface area contributed by atoms with E-state index in [0.717, 1.165) is 26.2 Å². The van der Waals surface area contributed by atoms with E-state index in [0.29, 0.717) is 4.90 Å². The van der Waals surface area contributed by atoms with Crippen LogP contribution in [0.2, 0.25) is 0 Å². The number of hydrogen-bond donors (Lipinski definition) is 1. The molecule has 0 unspecified atom stereocenters. The van der Waals surface area contributed by atoms with E-state index in [1.165, 1.54) is 4.88 Å². The Balaban J connectivity index is 1.81. The molecule has 0 aliphatic carbocycles. The first kappa shape index (κ1) is 18.5. The van der Waals surface area contributed by atoms with E-state index in [2.05, 4.69) is 33.0 Å². The molecule has 0 radical (unpaired) electrons. The van der Waals surface area contributed by atoms with Crippen molar-refractivity contribution >= 4 is 21.4 Å². The van der Waals surface area contributed by atoms with Crippen LogP contribution >= 0.6 is 11.3 Å². The number of thiophene rings is 1. The van der Waals surface area contributed by atoms with Crippen molar-refractivity contribution in [2.45, 2.75) is 23.9 Å². The first-order valence-corrected chi connectivity index (χ1v) is 10.9. The molecule has 2 atom stereocenters. The zero-order chi connectivity index (χ0) is 17.9. The van der Waals surface area contributed by atoms with Crippen molar-refractivity contribution in [1.29, 1.82) is 0 Å². The smallest absolute Gasteiger partial charge is 0.240 e. The van der Waals surface area contributed by atoms with Crippen LogP contribution in [-0.4, -0.2) is 57.5 Å². The Morgan fingerprint density at radius 2 is 1.72 bits per heavy atom. The summed E-state index contributed by atoms with van der Waals surface area (Å²) in [5, 5.41) is 2.05. The highest BCUT2D eigenvalue weighted by atomic mass is 32.2. The van der Waals surface area contributed by atoms with Crippen LogP contribution in [-0.2, 0) is 10.0 Å². The van der Waals surface area contributed by atoms with E-state index in [-0.39, 0.29) is 12.1 Å². The number of nitrogens with one attached hydrogen (secondary N) is 1. The Morgan fingerprint density at radius 1 is 1.04 bits per heavy atom. The minimum atomic E-state index is -3.53. The zero-order valence-corrected chi connectivity index (χ0v) is 16.3. The van der Waals surface area contributed by atoms with Crippen LogP contribution < -0.4 is 4.72 Å². The number of nitrogens with zero attached hydrogens (tertiary/aromatic N) is 2. The van der Waals surface area contributed by atoms with Crippen molar-refractivity contribution < 1.29 is 8.42 Å². The van der Waals surface area contributed by atoms with Gasteiger partial charge in [0.05, 0.1) is 10.9 Å². The summed E-state index contributed by atoms with van der Waals surface area (Å²) < 4.78 is 28.3. The van der Waals surface area contributed by atoms with Crippen LogP contribution in [0.4, 0.5) is 0 Å². The van der Waals surface area contributed by atoms with Crippen molar-refractivity contribution in [1.82, 2.24) is 14.5 Å². The lowest BCUT2D eigenvalue weighted by Gasteiger charge is -2.40. The zero-order valence-electron chi connectivity index (χ0n) is 14.6. The van der Waals surface area contributed by atoms with Gasteiger partial charge < -0.3 is 4.90 Å². The van der Waals surface area contributed by atoms with Gasteiger partial charge in [-0.15, -0.1) is 11.3 Å². The molecule has 1 N–H and O–H groups in total. The van der Waals surface area contributed by atoms with Gasteiger partial charge in [0.15, 0.2) is 0 Å². The number of benzene rings is 1. The Bertz CT molecular complexity index is 755. The van der Waals surface area contributed by atoms with Crippen LogP contribution in [0.15, 0.2) is 52.7 Å². The maximum absolute atomic E-state index is 12.7. The Hall–Kier alpha value is -1.25. The molecule has 1 aromatic carbocycles. The molecule has 0 saturated carbocycles. The molecule has 1 fully saturated rings. The minimum Gasteiger partial charge on any atom is -0.304 e. The summed E-state index contributed by atoms with van der Waals surface area (Å²) >= 11 is 1.69. The van der Waals surface area contributed by atoms with Crippen LogP contribution in [0, 0.1) is 0 Å². The summed E-state index contributed by atoms with van der Waals surface area (Å²) in [6.45, 7) is 5.84. The van der Waals surface area contributed by atoms with Gasteiger partial charge in [-0.25, -0.2) is 13.1 Å². The maximum atomic E-state index is 12.7. The second-order valence-corrected chi connectivity index (χ2v) is 9.22. The fraction of sp³-hybridized carbons (Fsp3) is 0.444. The Labute approximate surface area is 154 Å². The summed E-state index contributed by atoms with van der Waals surface area (Å²) in [4.78, 5) is 6.21. The van der Waals surface area contributed by atoms with Gasteiger partial charge in [0.1, 0.15) is 0 Å². The molecule has 1 saturated heterocycles. The van der Waals surface area contributed by atoms with Crippen LogP contribution in [0.3, 0.4) is 0 Å². The summed E-state index contributed by atoms with van der Waals surface area (Å²) in [7, 11) is -1.40. The van der Waals surface area contributed by atoms with Gasteiger partial charge in [-0.3, -0.25) is 4.90 Å². The molecule has 0 spiro atoms. The van der Waals surface area contributed by atoms with Gasteiger partial charge in [-0.2, -0.15) is 0 Å². The third-order valence-electron chi connectivity index (χ3n) is 4.63. The lowest BCUT2D eigenvalue weighted by atomic mass is 10.1. The van der Waals surface area contributed by atoms with E-state index in [1.54, 1.807) is 35.6 Å². The number of rotatable bonds is 6. The Morgan fingerprint density at radius 3 is 2.32 bits per heavy atom. The van der Waals surface area contributed by atoms with E-state index < -0.39 is 10.0 Å². The fourth-order valence-electron chi connectivity index (χ4n) is 3.28. The van der Waals surface area contributed by atoms with E-state index in [4.69, 9.17) is 0 Å². The third-order valence-corrected chi connectivity index (χ3v) is 7.15. The molecule has 2 aromatic rings. The monoisotopic (exact) mass is 379 g/mol. The maximum Gasteiger partial charge on any atom is 0.240 e. The number of likely N-dealkylation sites (N-methyl/N-ethyl adjacent to an activating group) is 1. The normalized spacial score (nSPS) is 19.6. The summed E-state index contributed by atoms with van der Waals surface area (Å²) in [6.07, 6.45) is 0. The average molecular weight is 380 g/mol. The second kappa shape index (κ2) is 7.97. The predicted molar refractivity (Wildman–Crippen MR) is 102 cm³/mol. The van der Waals surface area contributed by atoms with Crippen LogP contribution in [0.25, 0.3) is 0 Å². The van der Waals surface area contributed by atoms with Gasteiger partial charge in [0.25, 0.3) is 0 Å². The van der Waals surface area contributed by atoms with Crippen molar-refractivity contribution in [3.63, 3.8) is 0 Å². The molecule has 0 bridgehead atoms.